The van der Waals surface area contributed by atoms with Crippen molar-refractivity contribution in [3.05, 3.63) is 53.8 Å². The summed E-state index contributed by atoms with van der Waals surface area (Å²) in [5, 5.41) is 0. The lowest BCUT2D eigenvalue weighted by molar-refractivity contribution is -0.126. The van der Waals surface area contributed by atoms with Gasteiger partial charge in [0.2, 0.25) is 18.6 Å². The molecule has 0 radical (unpaired) electrons. The second-order valence-electron chi connectivity index (χ2n) is 6.39. The molecule has 0 spiro atoms. The second-order valence-corrected chi connectivity index (χ2v) is 6.39. The van der Waals surface area contributed by atoms with Crippen LogP contribution in [-0.2, 0) is 9.59 Å². The molecular formula is C19H16FN3O5. The van der Waals surface area contributed by atoms with Gasteiger partial charge in [-0.2, -0.15) is 0 Å². The zero-order chi connectivity index (χ0) is 19.7. The maximum Gasteiger partial charge on any atom is 0.269 e. The van der Waals surface area contributed by atoms with Gasteiger partial charge < -0.3 is 14.4 Å². The lowest BCUT2D eigenvalue weighted by Crippen LogP contribution is -2.45. The van der Waals surface area contributed by atoms with Crippen molar-refractivity contribution in [1.82, 2.24) is 10.9 Å². The number of halogens is 1. The molecule has 0 saturated carbocycles. The number of fused-ring (bicyclic) bond motifs is 1. The van der Waals surface area contributed by atoms with Crippen LogP contribution in [0.2, 0.25) is 0 Å². The fourth-order valence-electron chi connectivity index (χ4n) is 3.08. The fraction of sp³-hybridized carbons (Fsp3) is 0.211. The first-order valence-corrected chi connectivity index (χ1v) is 8.57. The van der Waals surface area contributed by atoms with Gasteiger partial charge in [0.1, 0.15) is 5.82 Å². The van der Waals surface area contributed by atoms with E-state index >= 15 is 0 Å². The Labute approximate surface area is 159 Å². The lowest BCUT2D eigenvalue weighted by atomic mass is 10.1. The van der Waals surface area contributed by atoms with Crippen LogP contribution in [0.4, 0.5) is 10.1 Å². The number of hydrazine groups is 1. The van der Waals surface area contributed by atoms with Crippen LogP contribution in [0.3, 0.4) is 0 Å². The molecule has 2 heterocycles. The minimum Gasteiger partial charge on any atom is -0.454 e. The molecule has 2 N–H and O–H groups in total. The van der Waals surface area contributed by atoms with Crippen LogP contribution < -0.4 is 25.2 Å². The van der Waals surface area contributed by atoms with Gasteiger partial charge in [-0.15, -0.1) is 0 Å². The van der Waals surface area contributed by atoms with Crippen LogP contribution in [0, 0.1) is 11.7 Å². The highest BCUT2D eigenvalue weighted by Gasteiger charge is 2.36. The third-order valence-corrected chi connectivity index (χ3v) is 4.57. The van der Waals surface area contributed by atoms with E-state index < -0.39 is 23.5 Å². The summed E-state index contributed by atoms with van der Waals surface area (Å²) < 4.78 is 23.5. The summed E-state index contributed by atoms with van der Waals surface area (Å²) in [6.07, 6.45) is 0.0205. The standard InChI is InChI=1S/C19H16FN3O5/c20-13-3-1-11(2-4-13)18(25)21-22-19(26)12-7-17(24)23(9-12)14-5-6-15-16(8-14)28-10-27-15/h1-6,8,12H,7,9-10H2,(H,21,25)(H,22,26). The minimum atomic E-state index is -0.619. The molecule has 9 heteroatoms. The van der Waals surface area contributed by atoms with Gasteiger partial charge in [-0.25, -0.2) is 4.39 Å². The third kappa shape index (κ3) is 3.46. The number of anilines is 1. The number of amides is 3. The number of carbonyl (C=O) groups is 3. The minimum absolute atomic E-state index is 0.0205. The molecule has 144 valence electrons. The summed E-state index contributed by atoms with van der Waals surface area (Å²) in [6, 6.07) is 10.0. The first-order chi connectivity index (χ1) is 13.5. The van der Waals surface area contributed by atoms with Crippen molar-refractivity contribution in [2.24, 2.45) is 5.92 Å². The molecule has 28 heavy (non-hydrogen) atoms. The van der Waals surface area contributed by atoms with Crippen molar-refractivity contribution in [3.8, 4) is 11.5 Å². The van der Waals surface area contributed by atoms with Crippen LogP contribution >= 0.6 is 0 Å². The first-order valence-electron chi connectivity index (χ1n) is 8.57. The van der Waals surface area contributed by atoms with E-state index in [1.165, 1.54) is 17.0 Å². The van der Waals surface area contributed by atoms with Gasteiger partial charge in [0, 0.05) is 30.3 Å². The van der Waals surface area contributed by atoms with Gasteiger partial charge in [-0.05, 0) is 36.4 Å². The number of nitrogens with zero attached hydrogens (tertiary/aromatic N) is 1. The Kier molecular flexibility index (Phi) is 4.56. The van der Waals surface area contributed by atoms with Gasteiger partial charge in [0.15, 0.2) is 11.5 Å². The van der Waals surface area contributed by atoms with Crippen LogP contribution in [0.1, 0.15) is 16.8 Å². The van der Waals surface area contributed by atoms with Gasteiger partial charge in [-0.3, -0.25) is 25.2 Å². The van der Waals surface area contributed by atoms with Crippen LogP contribution in [0.15, 0.2) is 42.5 Å². The van der Waals surface area contributed by atoms with Crippen LogP contribution in [-0.4, -0.2) is 31.1 Å². The predicted octanol–water partition coefficient (Wildman–Crippen LogP) is 1.37. The molecular weight excluding hydrogens is 369 g/mol. The van der Waals surface area contributed by atoms with Crippen LogP contribution in [0.25, 0.3) is 0 Å². The number of hydrogen-bond acceptors (Lipinski definition) is 5. The van der Waals surface area contributed by atoms with Crippen molar-refractivity contribution in [3.63, 3.8) is 0 Å². The van der Waals surface area contributed by atoms with E-state index in [4.69, 9.17) is 9.47 Å². The summed E-state index contributed by atoms with van der Waals surface area (Å²) in [5.74, 6) is -1.20. The Bertz CT molecular complexity index is 947. The molecule has 1 fully saturated rings. The molecule has 0 bridgehead atoms. The molecule has 2 aliphatic heterocycles. The number of hydrogen-bond donors (Lipinski definition) is 2. The molecule has 1 unspecified atom stereocenters. The predicted molar refractivity (Wildman–Crippen MR) is 95.0 cm³/mol. The van der Waals surface area contributed by atoms with E-state index in [1.54, 1.807) is 18.2 Å². The van der Waals surface area contributed by atoms with E-state index in [0.717, 1.165) is 12.1 Å². The highest BCUT2D eigenvalue weighted by Crippen LogP contribution is 2.37. The maximum atomic E-state index is 12.9. The Balaban J connectivity index is 1.36. The SMILES string of the molecule is O=C(NNC(=O)C1CC(=O)N(c2ccc3c(c2)OCO3)C1)c1ccc(F)cc1. The highest BCUT2D eigenvalue weighted by molar-refractivity contribution is 6.01. The van der Waals surface area contributed by atoms with Crippen molar-refractivity contribution >= 4 is 23.4 Å². The molecule has 2 aliphatic rings. The van der Waals surface area contributed by atoms with E-state index in [9.17, 15) is 18.8 Å². The molecule has 0 aromatic heterocycles. The van der Waals surface area contributed by atoms with Crippen molar-refractivity contribution < 1.29 is 28.2 Å². The number of carbonyl (C=O) groups excluding carboxylic acids is 3. The number of rotatable bonds is 3. The number of benzene rings is 2. The topological polar surface area (TPSA) is 97.0 Å². The molecule has 3 amide bonds. The third-order valence-electron chi connectivity index (χ3n) is 4.57. The van der Waals surface area contributed by atoms with Gasteiger partial charge in [0.25, 0.3) is 5.91 Å². The van der Waals surface area contributed by atoms with E-state index in [2.05, 4.69) is 10.9 Å². The fourth-order valence-corrected chi connectivity index (χ4v) is 3.08. The first kappa shape index (κ1) is 17.8. The second kappa shape index (κ2) is 7.18. The Hall–Kier alpha value is -3.62. The Morgan fingerprint density at radius 2 is 1.79 bits per heavy atom. The van der Waals surface area contributed by atoms with Gasteiger partial charge >= 0.3 is 0 Å². The maximum absolute atomic E-state index is 12.9. The number of ether oxygens (including phenoxy) is 2. The average molecular weight is 385 g/mol. The zero-order valence-corrected chi connectivity index (χ0v) is 14.6. The highest BCUT2D eigenvalue weighted by atomic mass is 19.1. The van der Waals surface area contributed by atoms with E-state index in [0.29, 0.717) is 17.2 Å². The quantitative estimate of drug-likeness (QED) is 0.778. The molecule has 2 aromatic carbocycles. The van der Waals surface area contributed by atoms with Crippen LogP contribution in [0.5, 0.6) is 11.5 Å². The molecule has 0 aliphatic carbocycles. The summed E-state index contributed by atoms with van der Waals surface area (Å²) in [6.45, 7) is 0.308. The van der Waals surface area contributed by atoms with Gasteiger partial charge in [-0.1, -0.05) is 0 Å². The van der Waals surface area contributed by atoms with E-state index in [1.807, 2.05) is 0 Å². The Morgan fingerprint density at radius 3 is 2.57 bits per heavy atom. The number of nitrogens with one attached hydrogen (secondary N) is 2. The normalized spacial score (nSPS) is 17.5. The molecule has 8 nitrogen and oxygen atoms in total. The van der Waals surface area contributed by atoms with Crippen molar-refractivity contribution in [2.75, 3.05) is 18.2 Å². The summed E-state index contributed by atoms with van der Waals surface area (Å²) in [7, 11) is 0. The Morgan fingerprint density at radius 1 is 1.04 bits per heavy atom. The largest absolute Gasteiger partial charge is 0.454 e. The van der Waals surface area contributed by atoms with Gasteiger partial charge in [0.05, 0.1) is 5.92 Å². The average Bonchev–Trinajstić information content (AvgIpc) is 3.32. The molecule has 2 aromatic rings. The molecule has 1 atom stereocenters. The smallest absolute Gasteiger partial charge is 0.269 e. The van der Waals surface area contributed by atoms with Crippen molar-refractivity contribution in [1.29, 1.82) is 0 Å². The molecule has 4 rings (SSSR count). The van der Waals surface area contributed by atoms with E-state index in [-0.39, 0.29) is 31.2 Å². The summed E-state index contributed by atoms with van der Waals surface area (Å²) in [4.78, 5) is 38.1. The van der Waals surface area contributed by atoms with Crippen molar-refractivity contribution in [2.45, 2.75) is 6.42 Å². The molecule has 1 saturated heterocycles. The monoisotopic (exact) mass is 385 g/mol. The summed E-state index contributed by atoms with van der Waals surface area (Å²) in [5.41, 5.74) is 5.40. The zero-order valence-electron chi connectivity index (χ0n) is 14.6. The lowest BCUT2D eigenvalue weighted by Gasteiger charge is -2.17. The summed E-state index contributed by atoms with van der Waals surface area (Å²) >= 11 is 0.